The average Bonchev–Trinajstić information content (AvgIpc) is 3.19. The zero-order chi connectivity index (χ0) is 14.7. The van der Waals surface area contributed by atoms with Crippen LogP contribution in [0.3, 0.4) is 0 Å². The van der Waals surface area contributed by atoms with E-state index in [1.54, 1.807) is 11.3 Å². The largest absolute Gasteiger partial charge is 0.356 e. The number of hydrogen-bond acceptors (Lipinski definition) is 3. The second-order valence-electron chi connectivity index (χ2n) is 6.47. The maximum absolute atomic E-state index is 4.48. The summed E-state index contributed by atoms with van der Waals surface area (Å²) in [6.45, 7) is 5.39. The van der Waals surface area contributed by atoms with Gasteiger partial charge in [-0.1, -0.05) is 12.8 Å². The Balaban J connectivity index is 1.49. The normalized spacial score (nSPS) is 21.4. The lowest BCUT2D eigenvalue weighted by Gasteiger charge is -2.25. The van der Waals surface area contributed by atoms with Crippen LogP contribution in [0.25, 0.3) is 0 Å². The molecule has 3 rings (SSSR count). The summed E-state index contributed by atoms with van der Waals surface area (Å²) in [7, 11) is 1.90. The quantitative estimate of drug-likeness (QED) is 0.689. The van der Waals surface area contributed by atoms with Crippen molar-refractivity contribution in [1.29, 1.82) is 0 Å². The van der Waals surface area contributed by atoms with Crippen LogP contribution in [-0.4, -0.2) is 42.5 Å². The molecule has 1 aliphatic heterocycles. The van der Waals surface area contributed by atoms with E-state index in [0.717, 1.165) is 25.5 Å². The summed E-state index contributed by atoms with van der Waals surface area (Å²) in [6, 6.07) is 0. The van der Waals surface area contributed by atoms with Crippen LogP contribution in [0.2, 0.25) is 0 Å². The van der Waals surface area contributed by atoms with Crippen molar-refractivity contribution in [3.05, 3.63) is 16.1 Å². The summed E-state index contributed by atoms with van der Waals surface area (Å²) in [5.74, 6) is 1.08. The van der Waals surface area contributed by atoms with Crippen molar-refractivity contribution in [2.75, 3.05) is 26.7 Å². The maximum atomic E-state index is 4.48. The smallest absolute Gasteiger partial charge is 0.193 e. The Kier molecular flexibility index (Phi) is 4.48. The standard InChI is InChI=1S/C16H26N4S/c1-13-11-19-14(21-13)5-9-18-15(17-2)20-10-8-16(12-20)6-3-4-7-16/h11H,3-10,12H2,1-2H3,(H,17,18). The zero-order valence-electron chi connectivity index (χ0n) is 13.2. The van der Waals surface area contributed by atoms with Crippen LogP contribution in [-0.2, 0) is 6.42 Å². The van der Waals surface area contributed by atoms with Gasteiger partial charge in [0.05, 0.1) is 5.01 Å². The molecule has 21 heavy (non-hydrogen) atoms. The molecule has 1 saturated carbocycles. The molecule has 5 heteroatoms. The molecular weight excluding hydrogens is 280 g/mol. The molecule has 1 aliphatic carbocycles. The highest BCUT2D eigenvalue weighted by atomic mass is 32.1. The number of likely N-dealkylation sites (tertiary alicyclic amines) is 1. The van der Waals surface area contributed by atoms with Gasteiger partial charge in [-0.25, -0.2) is 4.98 Å². The Hall–Kier alpha value is -1.10. The third-order valence-corrected chi connectivity index (χ3v) is 5.88. The number of thiazole rings is 1. The predicted molar refractivity (Wildman–Crippen MR) is 89.0 cm³/mol. The van der Waals surface area contributed by atoms with Crippen molar-refractivity contribution in [1.82, 2.24) is 15.2 Å². The van der Waals surface area contributed by atoms with E-state index in [1.165, 1.54) is 48.5 Å². The van der Waals surface area contributed by atoms with E-state index < -0.39 is 0 Å². The number of rotatable bonds is 3. The average molecular weight is 306 g/mol. The molecule has 1 aromatic rings. The minimum absolute atomic E-state index is 0.601. The molecule has 0 amide bonds. The van der Waals surface area contributed by atoms with Crippen LogP contribution >= 0.6 is 11.3 Å². The van der Waals surface area contributed by atoms with Crippen molar-refractivity contribution in [3.63, 3.8) is 0 Å². The number of aromatic nitrogens is 1. The first-order chi connectivity index (χ1) is 10.2. The summed E-state index contributed by atoms with van der Waals surface area (Å²) in [5.41, 5.74) is 0.601. The monoisotopic (exact) mass is 306 g/mol. The number of aryl methyl sites for hydroxylation is 1. The first kappa shape index (κ1) is 14.8. The third kappa shape index (κ3) is 3.39. The summed E-state index contributed by atoms with van der Waals surface area (Å²) in [6.07, 6.45) is 9.96. The Morgan fingerprint density at radius 3 is 2.90 bits per heavy atom. The van der Waals surface area contributed by atoms with Gasteiger partial charge in [0.25, 0.3) is 0 Å². The molecule has 4 nitrogen and oxygen atoms in total. The zero-order valence-corrected chi connectivity index (χ0v) is 14.0. The number of hydrogen-bond donors (Lipinski definition) is 1. The fraction of sp³-hybridized carbons (Fsp3) is 0.750. The van der Waals surface area contributed by atoms with Crippen LogP contribution in [0.5, 0.6) is 0 Å². The first-order valence-corrected chi connectivity index (χ1v) is 8.89. The number of nitrogens with one attached hydrogen (secondary N) is 1. The van der Waals surface area contributed by atoms with Gasteiger partial charge in [-0.3, -0.25) is 4.99 Å². The van der Waals surface area contributed by atoms with Crippen molar-refractivity contribution in [3.8, 4) is 0 Å². The number of guanidine groups is 1. The van der Waals surface area contributed by atoms with Gasteiger partial charge >= 0.3 is 0 Å². The fourth-order valence-corrected chi connectivity index (χ4v) is 4.57. The summed E-state index contributed by atoms with van der Waals surface area (Å²) >= 11 is 1.79. The van der Waals surface area contributed by atoms with Gasteiger partial charge in [-0.15, -0.1) is 11.3 Å². The fourth-order valence-electron chi connectivity index (χ4n) is 3.78. The van der Waals surface area contributed by atoms with E-state index in [4.69, 9.17) is 0 Å². The Morgan fingerprint density at radius 1 is 1.43 bits per heavy atom. The van der Waals surface area contributed by atoms with E-state index in [9.17, 15) is 0 Å². The third-order valence-electron chi connectivity index (χ3n) is 4.90. The molecule has 0 aromatic carbocycles. The molecule has 2 fully saturated rings. The van der Waals surface area contributed by atoms with Gasteiger partial charge in [0.2, 0.25) is 0 Å². The molecule has 2 heterocycles. The van der Waals surface area contributed by atoms with E-state index in [2.05, 4.69) is 27.1 Å². The van der Waals surface area contributed by atoms with Gasteiger partial charge in [0.1, 0.15) is 0 Å². The Labute approximate surface area is 131 Å². The molecule has 0 bridgehead atoms. The van der Waals surface area contributed by atoms with E-state index in [0.29, 0.717) is 5.41 Å². The lowest BCUT2D eigenvalue weighted by Crippen LogP contribution is -2.41. The molecule has 0 radical (unpaired) electrons. The topological polar surface area (TPSA) is 40.5 Å². The second kappa shape index (κ2) is 6.34. The van der Waals surface area contributed by atoms with Gasteiger partial charge in [-0.05, 0) is 31.6 Å². The Bertz CT molecular complexity index is 502. The predicted octanol–water partition coefficient (Wildman–Crippen LogP) is 2.84. The molecule has 1 spiro atoms. The summed E-state index contributed by atoms with van der Waals surface area (Å²) in [5, 5.41) is 4.73. The van der Waals surface area contributed by atoms with E-state index in [-0.39, 0.29) is 0 Å². The molecule has 1 saturated heterocycles. The van der Waals surface area contributed by atoms with Crippen LogP contribution in [0, 0.1) is 12.3 Å². The highest BCUT2D eigenvalue weighted by Crippen LogP contribution is 2.45. The molecule has 0 unspecified atom stereocenters. The van der Waals surface area contributed by atoms with Crippen LogP contribution in [0.15, 0.2) is 11.2 Å². The van der Waals surface area contributed by atoms with Crippen LogP contribution < -0.4 is 5.32 Å². The van der Waals surface area contributed by atoms with Crippen LogP contribution in [0.1, 0.15) is 42.0 Å². The van der Waals surface area contributed by atoms with Gasteiger partial charge in [0, 0.05) is 44.2 Å². The molecule has 1 aromatic heterocycles. The highest BCUT2D eigenvalue weighted by molar-refractivity contribution is 7.11. The molecular formula is C16H26N4S. The molecule has 1 N–H and O–H groups in total. The van der Waals surface area contributed by atoms with E-state index in [1.807, 2.05) is 13.2 Å². The number of nitrogens with zero attached hydrogens (tertiary/aromatic N) is 3. The summed E-state index contributed by atoms with van der Waals surface area (Å²) in [4.78, 5) is 12.6. The SMILES string of the molecule is CN=C(NCCc1ncc(C)s1)N1CCC2(CCCC2)C1. The molecule has 2 aliphatic rings. The van der Waals surface area contributed by atoms with Crippen molar-refractivity contribution in [2.24, 2.45) is 10.4 Å². The number of aliphatic imine (C=N–C) groups is 1. The lowest BCUT2D eigenvalue weighted by atomic mass is 9.86. The van der Waals surface area contributed by atoms with Crippen molar-refractivity contribution in [2.45, 2.75) is 45.4 Å². The minimum Gasteiger partial charge on any atom is -0.356 e. The van der Waals surface area contributed by atoms with Crippen molar-refractivity contribution >= 4 is 17.3 Å². The first-order valence-electron chi connectivity index (χ1n) is 8.08. The lowest BCUT2D eigenvalue weighted by molar-refractivity contribution is 0.309. The van der Waals surface area contributed by atoms with Gasteiger partial charge in [-0.2, -0.15) is 0 Å². The van der Waals surface area contributed by atoms with Gasteiger partial charge in [0.15, 0.2) is 5.96 Å². The van der Waals surface area contributed by atoms with Crippen molar-refractivity contribution < 1.29 is 0 Å². The van der Waals surface area contributed by atoms with E-state index >= 15 is 0 Å². The minimum atomic E-state index is 0.601. The molecule has 116 valence electrons. The maximum Gasteiger partial charge on any atom is 0.193 e. The van der Waals surface area contributed by atoms with Gasteiger partial charge < -0.3 is 10.2 Å². The second-order valence-corrected chi connectivity index (χ2v) is 7.79. The molecule has 0 atom stereocenters. The highest BCUT2D eigenvalue weighted by Gasteiger charge is 2.40. The summed E-state index contributed by atoms with van der Waals surface area (Å²) < 4.78 is 0. The van der Waals surface area contributed by atoms with Crippen LogP contribution in [0.4, 0.5) is 0 Å². The Morgan fingerprint density at radius 2 is 2.24 bits per heavy atom.